The third-order valence-corrected chi connectivity index (χ3v) is 9.63. The number of aliphatic hydroxyl groups is 3. The summed E-state index contributed by atoms with van der Waals surface area (Å²) in [7, 11) is 5.19. The number of phenolic OH excluding ortho intramolecular Hbond substituents is 1. The lowest BCUT2D eigenvalue weighted by molar-refractivity contribution is -0.153. The summed E-state index contributed by atoms with van der Waals surface area (Å²) in [6.07, 6.45) is 4.98. The van der Waals surface area contributed by atoms with Crippen LogP contribution in [0.3, 0.4) is 0 Å². The van der Waals surface area contributed by atoms with Gasteiger partial charge in [-0.3, -0.25) is 19.3 Å². The van der Waals surface area contributed by atoms with E-state index in [2.05, 4.69) is 10.2 Å². The Kier molecular flexibility index (Phi) is 6.90. The van der Waals surface area contributed by atoms with Crippen molar-refractivity contribution >= 4 is 28.9 Å². The third kappa shape index (κ3) is 4.27. The van der Waals surface area contributed by atoms with E-state index in [9.17, 15) is 34.8 Å². The first-order chi connectivity index (χ1) is 20.4. The van der Waals surface area contributed by atoms with Gasteiger partial charge in [0, 0.05) is 23.1 Å². The number of nitrogens with zero attached hydrogens (tertiary/aromatic N) is 2. The van der Waals surface area contributed by atoms with E-state index in [4.69, 9.17) is 10.2 Å². The number of carbonyl (C=O) groups is 3. The first-order valence-corrected chi connectivity index (χ1v) is 14.4. The number of primary amides is 1. The van der Waals surface area contributed by atoms with Crippen LogP contribution in [0.2, 0.25) is 0 Å². The molecule has 0 bridgehead atoms. The van der Waals surface area contributed by atoms with Crippen LogP contribution in [0, 0.1) is 11.8 Å². The highest BCUT2D eigenvalue weighted by Gasteiger charge is 2.64. The number of piperidine rings is 1. The second-order valence-corrected chi connectivity index (χ2v) is 12.4. The van der Waals surface area contributed by atoms with Crippen LogP contribution >= 0.6 is 0 Å². The van der Waals surface area contributed by atoms with Crippen molar-refractivity contribution in [1.29, 1.82) is 0 Å². The zero-order valence-corrected chi connectivity index (χ0v) is 24.3. The summed E-state index contributed by atoms with van der Waals surface area (Å²) in [5.74, 6) is -6.76. The van der Waals surface area contributed by atoms with E-state index < -0.39 is 58.0 Å². The van der Waals surface area contributed by atoms with Crippen molar-refractivity contribution in [1.82, 2.24) is 9.80 Å². The Hall–Kier alpha value is -4.13. The lowest BCUT2D eigenvalue weighted by Gasteiger charge is -2.50. The second-order valence-electron chi connectivity index (χ2n) is 12.4. The Morgan fingerprint density at radius 3 is 2.49 bits per heavy atom. The number of phenols is 1. The van der Waals surface area contributed by atoms with Gasteiger partial charge >= 0.3 is 0 Å². The Morgan fingerprint density at radius 2 is 1.88 bits per heavy atom. The fourth-order valence-corrected chi connectivity index (χ4v) is 7.47. The van der Waals surface area contributed by atoms with Crippen molar-refractivity contribution < 1.29 is 39.2 Å². The fourth-order valence-electron chi connectivity index (χ4n) is 7.47. The van der Waals surface area contributed by atoms with Crippen LogP contribution in [0.5, 0.6) is 5.75 Å². The molecule has 228 valence electrons. The summed E-state index contributed by atoms with van der Waals surface area (Å²) in [6, 6.07) is 2.51. The number of Topliss-reactive ketones (excluding diaryl/α,β-unsaturated/α-hetero) is 2. The monoisotopic (exact) mass is 592 g/mol. The summed E-state index contributed by atoms with van der Waals surface area (Å²) in [5, 5.41) is 49.7. The highest BCUT2D eigenvalue weighted by molar-refractivity contribution is 6.24. The minimum Gasteiger partial charge on any atom is -0.508 e. The predicted molar refractivity (Wildman–Crippen MR) is 156 cm³/mol. The first kappa shape index (κ1) is 29.0. The normalized spacial score (nSPS) is 28.2. The molecule has 2 fully saturated rings. The topological polar surface area (TPSA) is 190 Å². The number of carbonyl (C=O) groups excluding carboxylic acids is 3. The number of furan rings is 1. The van der Waals surface area contributed by atoms with Gasteiger partial charge in [0.25, 0.3) is 5.91 Å². The second kappa shape index (κ2) is 10.2. The van der Waals surface area contributed by atoms with Gasteiger partial charge in [0.1, 0.15) is 22.8 Å². The molecule has 6 rings (SSSR count). The molecular formula is C31H36N4O8. The molecule has 12 nitrogen and oxygen atoms in total. The number of rotatable bonds is 5. The van der Waals surface area contributed by atoms with E-state index in [0.29, 0.717) is 22.4 Å². The van der Waals surface area contributed by atoms with Crippen LogP contribution in [-0.2, 0) is 20.8 Å². The molecule has 43 heavy (non-hydrogen) atoms. The van der Waals surface area contributed by atoms with Crippen LogP contribution in [-0.4, -0.2) is 99.6 Å². The summed E-state index contributed by atoms with van der Waals surface area (Å²) < 4.78 is 5.36. The van der Waals surface area contributed by atoms with Gasteiger partial charge < -0.3 is 40.8 Å². The molecule has 1 saturated heterocycles. The first-order valence-electron chi connectivity index (χ1n) is 14.4. The number of amides is 1. The van der Waals surface area contributed by atoms with Crippen molar-refractivity contribution in [3.8, 4) is 16.9 Å². The molecule has 2 heterocycles. The molecule has 1 aromatic heterocycles. The van der Waals surface area contributed by atoms with E-state index in [1.54, 1.807) is 26.4 Å². The number of hydrogen-bond acceptors (Lipinski definition) is 11. The summed E-state index contributed by atoms with van der Waals surface area (Å²) in [5.41, 5.74) is 4.12. The van der Waals surface area contributed by atoms with E-state index in [0.717, 1.165) is 25.9 Å². The highest BCUT2D eigenvalue weighted by atomic mass is 16.3. The average molecular weight is 593 g/mol. The summed E-state index contributed by atoms with van der Waals surface area (Å²) >= 11 is 0. The molecule has 3 aliphatic carbocycles. The van der Waals surface area contributed by atoms with Crippen molar-refractivity contribution in [2.75, 3.05) is 39.5 Å². The maximum atomic E-state index is 14.2. The van der Waals surface area contributed by atoms with Gasteiger partial charge in [0.15, 0.2) is 11.4 Å². The van der Waals surface area contributed by atoms with Gasteiger partial charge in [-0.1, -0.05) is 0 Å². The molecular weight excluding hydrogens is 556 g/mol. The van der Waals surface area contributed by atoms with E-state index in [1.165, 1.54) is 11.2 Å². The number of aromatic hydroxyl groups is 1. The number of likely N-dealkylation sites (N-methyl/N-ethyl adjacent to an activating group) is 1. The summed E-state index contributed by atoms with van der Waals surface area (Å²) in [4.78, 5) is 43.4. The quantitative estimate of drug-likeness (QED) is 0.219. The van der Waals surface area contributed by atoms with Crippen LogP contribution < -0.4 is 11.1 Å². The minimum absolute atomic E-state index is 0.0208. The van der Waals surface area contributed by atoms with Gasteiger partial charge in [-0.25, -0.2) is 0 Å². The molecule has 1 aliphatic heterocycles. The number of ketones is 2. The SMILES string of the molecule is CN1CCC(Nc2cc(-c3ccoc3)c3c(c2O)C(O)=C2C(=O)C4(O)C(O)=C(C(N)=O)C(=O)C(N(C)C)C4CC2C3)CC1. The third-order valence-electron chi connectivity index (χ3n) is 9.63. The molecule has 2 aromatic rings. The molecule has 4 aliphatic rings. The van der Waals surface area contributed by atoms with Gasteiger partial charge in [-0.05, 0) is 89.1 Å². The van der Waals surface area contributed by atoms with Gasteiger partial charge in [-0.2, -0.15) is 0 Å². The van der Waals surface area contributed by atoms with Crippen molar-refractivity contribution in [3.05, 3.63) is 52.7 Å². The number of likely N-dealkylation sites (tertiary alicyclic amines) is 1. The number of hydrogen-bond donors (Lipinski definition) is 6. The largest absolute Gasteiger partial charge is 0.508 e. The van der Waals surface area contributed by atoms with Crippen LogP contribution in [0.4, 0.5) is 5.69 Å². The highest BCUT2D eigenvalue weighted by Crippen LogP contribution is 2.54. The lowest BCUT2D eigenvalue weighted by atomic mass is 9.57. The van der Waals surface area contributed by atoms with Gasteiger partial charge in [0.05, 0.1) is 29.8 Å². The van der Waals surface area contributed by atoms with Crippen LogP contribution in [0.25, 0.3) is 16.9 Å². The number of fused-ring (bicyclic) bond motifs is 3. The smallest absolute Gasteiger partial charge is 0.255 e. The van der Waals surface area contributed by atoms with E-state index >= 15 is 0 Å². The predicted octanol–water partition coefficient (Wildman–Crippen LogP) is 1.73. The number of anilines is 1. The zero-order chi connectivity index (χ0) is 31.0. The van der Waals surface area contributed by atoms with Crippen LogP contribution in [0.15, 0.2) is 46.0 Å². The molecule has 12 heteroatoms. The average Bonchev–Trinajstić information content (AvgIpc) is 3.48. The Labute approximate surface area is 248 Å². The maximum Gasteiger partial charge on any atom is 0.255 e. The lowest BCUT2D eigenvalue weighted by Crippen LogP contribution is -2.65. The fraction of sp³-hybridized carbons (Fsp3) is 0.452. The molecule has 0 radical (unpaired) electrons. The Morgan fingerprint density at radius 1 is 1.19 bits per heavy atom. The van der Waals surface area contributed by atoms with Crippen molar-refractivity contribution in [2.45, 2.75) is 43.4 Å². The molecule has 4 atom stereocenters. The number of aliphatic hydroxyl groups excluding tert-OH is 2. The molecule has 1 saturated carbocycles. The molecule has 1 amide bonds. The van der Waals surface area contributed by atoms with Crippen molar-refractivity contribution in [3.63, 3.8) is 0 Å². The summed E-state index contributed by atoms with van der Waals surface area (Å²) in [6.45, 7) is 1.76. The minimum atomic E-state index is -2.68. The van der Waals surface area contributed by atoms with Gasteiger partial charge in [0.2, 0.25) is 5.78 Å². The molecule has 1 aromatic carbocycles. The van der Waals surface area contributed by atoms with E-state index in [-0.39, 0.29) is 35.8 Å². The van der Waals surface area contributed by atoms with Crippen molar-refractivity contribution in [2.24, 2.45) is 17.6 Å². The Balaban J connectivity index is 1.53. The standard InChI is InChI=1S/C31H36N4O8/c1-34(2)24-19-11-15-10-18-17(14-6-9-43-13-14)12-20(33-16-4-7-35(3)8-5-16)25(36)22(18)26(37)21(15)28(39)31(19,42)29(40)23(27(24)38)30(32)41/h6,9,12-13,15-16,19,24,33,36-37,40,42H,4-5,7-8,10-11H2,1-3H3,(H2,32,41). The molecule has 4 unspecified atom stereocenters. The molecule has 7 N–H and O–H groups in total. The van der Waals surface area contributed by atoms with Gasteiger partial charge in [-0.15, -0.1) is 0 Å². The van der Waals surface area contributed by atoms with Crippen LogP contribution in [0.1, 0.15) is 30.4 Å². The van der Waals surface area contributed by atoms with E-state index in [1.807, 2.05) is 13.1 Å². The maximum absolute atomic E-state index is 14.2. The molecule has 0 spiro atoms. The zero-order valence-electron chi connectivity index (χ0n) is 24.3. The number of benzene rings is 1. The number of nitrogens with one attached hydrogen (secondary N) is 1. The number of nitrogens with two attached hydrogens (primary N) is 1. The Bertz CT molecular complexity index is 1580.